The summed E-state index contributed by atoms with van der Waals surface area (Å²) >= 11 is 6.08. The van der Waals surface area contributed by atoms with E-state index in [0.29, 0.717) is 16.6 Å². The molecule has 2 bridgehead atoms. The van der Waals surface area contributed by atoms with E-state index in [1.807, 2.05) is 0 Å². The second kappa shape index (κ2) is 4.95. The van der Waals surface area contributed by atoms with Gasteiger partial charge in [0.15, 0.2) is 0 Å². The van der Waals surface area contributed by atoms with Crippen molar-refractivity contribution in [1.82, 2.24) is 0 Å². The molecular weight excluding hydrogens is 322 g/mol. The fourth-order valence-electron chi connectivity index (χ4n) is 5.10. The predicted molar refractivity (Wildman–Crippen MR) is 94.7 cm³/mol. The molecule has 24 heavy (non-hydrogen) atoms. The number of benzene rings is 1. The molecule has 126 valence electrons. The Morgan fingerprint density at radius 2 is 1.83 bits per heavy atom. The molecule has 2 fully saturated rings. The Morgan fingerprint density at radius 3 is 2.42 bits per heavy atom. The highest BCUT2D eigenvalue weighted by Crippen LogP contribution is 2.64. The first kappa shape index (κ1) is 15.9. The number of nitrogens with zero attached hydrogens (tertiary/aromatic N) is 1. The molecule has 4 heteroatoms. The van der Waals surface area contributed by atoms with Crippen LogP contribution in [-0.4, -0.2) is 11.8 Å². The van der Waals surface area contributed by atoms with Gasteiger partial charge in [-0.2, -0.15) is 0 Å². The van der Waals surface area contributed by atoms with E-state index in [-0.39, 0.29) is 34.5 Å². The molecule has 4 aliphatic rings. The van der Waals surface area contributed by atoms with Gasteiger partial charge in [-0.1, -0.05) is 50.6 Å². The van der Waals surface area contributed by atoms with Crippen molar-refractivity contribution in [2.75, 3.05) is 4.90 Å². The topological polar surface area (TPSA) is 37.4 Å². The van der Waals surface area contributed by atoms with E-state index in [0.717, 1.165) is 12.8 Å². The number of carbonyl (C=O) groups excluding carboxylic acids is 2. The van der Waals surface area contributed by atoms with Crippen LogP contribution in [-0.2, 0) is 9.59 Å². The number of halogens is 1. The zero-order valence-corrected chi connectivity index (χ0v) is 15.0. The van der Waals surface area contributed by atoms with Crippen molar-refractivity contribution in [2.45, 2.75) is 33.6 Å². The number of allylic oxidation sites excluding steroid dienone is 2. The second-order valence-electron chi connectivity index (χ2n) is 8.05. The fourth-order valence-corrected chi connectivity index (χ4v) is 5.29. The summed E-state index contributed by atoms with van der Waals surface area (Å²) in [6.07, 6.45) is 6.37. The van der Waals surface area contributed by atoms with Gasteiger partial charge in [-0.05, 0) is 42.4 Å². The lowest BCUT2D eigenvalue weighted by molar-refractivity contribution is -0.135. The third-order valence-corrected chi connectivity index (χ3v) is 6.84. The summed E-state index contributed by atoms with van der Waals surface area (Å²) in [5.74, 6) is -0.319. The first-order chi connectivity index (χ1) is 11.3. The molecule has 1 aliphatic heterocycles. The van der Waals surface area contributed by atoms with E-state index < -0.39 is 0 Å². The van der Waals surface area contributed by atoms with Gasteiger partial charge in [-0.15, -0.1) is 0 Å². The van der Waals surface area contributed by atoms with Crippen LogP contribution in [0.5, 0.6) is 0 Å². The third-order valence-electron chi connectivity index (χ3n) is 6.61. The smallest absolute Gasteiger partial charge is 0.238 e. The molecule has 3 nitrogen and oxygen atoms in total. The number of anilines is 1. The normalized spacial score (nSPS) is 37.5. The highest BCUT2D eigenvalue weighted by atomic mass is 35.5. The Morgan fingerprint density at radius 1 is 1.12 bits per heavy atom. The van der Waals surface area contributed by atoms with Crippen LogP contribution in [0, 0.1) is 28.6 Å². The minimum atomic E-state index is -0.259. The summed E-state index contributed by atoms with van der Waals surface area (Å²) in [5.41, 5.74) is 0.165. The predicted octanol–water partition coefficient (Wildman–Crippen LogP) is 4.46. The lowest BCUT2D eigenvalue weighted by Crippen LogP contribution is -2.53. The van der Waals surface area contributed by atoms with Crippen LogP contribution < -0.4 is 4.90 Å². The molecule has 0 radical (unpaired) electrons. The van der Waals surface area contributed by atoms with Gasteiger partial charge in [0, 0.05) is 10.4 Å². The van der Waals surface area contributed by atoms with Gasteiger partial charge in [0.1, 0.15) is 0 Å². The van der Waals surface area contributed by atoms with E-state index in [1.54, 1.807) is 24.3 Å². The molecule has 0 spiro atoms. The van der Waals surface area contributed by atoms with Gasteiger partial charge in [0.25, 0.3) is 0 Å². The average molecular weight is 344 g/mol. The van der Waals surface area contributed by atoms with Crippen LogP contribution in [0.15, 0.2) is 36.4 Å². The lowest BCUT2D eigenvalue weighted by Gasteiger charge is -2.55. The van der Waals surface area contributed by atoms with Crippen molar-refractivity contribution in [3.8, 4) is 0 Å². The van der Waals surface area contributed by atoms with E-state index in [9.17, 15) is 9.59 Å². The van der Waals surface area contributed by atoms with Crippen molar-refractivity contribution in [3.05, 3.63) is 41.4 Å². The highest BCUT2D eigenvalue weighted by Gasteiger charge is 2.67. The number of hydrogen-bond donors (Lipinski definition) is 0. The Hall–Kier alpha value is -1.61. The van der Waals surface area contributed by atoms with E-state index in [1.165, 1.54) is 4.90 Å². The highest BCUT2D eigenvalue weighted by molar-refractivity contribution is 6.31. The maximum atomic E-state index is 13.3. The molecule has 2 amide bonds. The number of fused-ring (bicyclic) bond motifs is 1. The maximum Gasteiger partial charge on any atom is 0.238 e. The average Bonchev–Trinajstić information content (AvgIpc) is 2.82. The zero-order valence-electron chi connectivity index (χ0n) is 14.3. The molecule has 0 N–H and O–H groups in total. The van der Waals surface area contributed by atoms with Gasteiger partial charge >= 0.3 is 0 Å². The Kier molecular flexibility index (Phi) is 3.28. The summed E-state index contributed by atoms with van der Waals surface area (Å²) in [6, 6.07) is 7.03. The van der Waals surface area contributed by atoms with Gasteiger partial charge < -0.3 is 0 Å². The molecule has 5 rings (SSSR count). The van der Waals surface area contributed by atoms with Crippen molar-refractivity contribution < 1.29 is 9.59 Å². The van der Waals surface area contributed by atoms with Gasteiger partial charge in [0.2, 0.25) is 11.8 Å². The van der Waals surface area contributed by atoms with E-state index in [2.05, 4.69) is 32.9 Å². The SMILES string of the molecule is CC(C)[C@@]12C=C[C@@](C)(CC1)[C@@H]1C(=O)N(c3cccc(Cl)c3)C(=O)[C@H]12. The summed E-state index contributed by atoms with van der Waals surface area (Å²) in [7, 11) is 0. The molecule has 1 aromatic rings. The molecule has 4 atom stereocenters. The summed E-state index contributed by atoms with van der Waals surface area (Å²) in [6.45, 7) is 6.45. The Bertz CT molecular complexity index is 771. The molecule has 1 saturated carbocycles. The second-order valence-corrected chi connectivity index (χ2v) is 8.49. The van der Waals surface area contributed by atoms with E-state index >= 15 is 0 Å². The number of amides is 2. The lowest BCUT2D eigenvalue weighted by atomic mass is 9.46. The standard InChI is InChI=1S/C20H22ClNO2/c1-12(2)20-9-7-19(3,8-10-20)15-16(20)18(24)22(17(15)23)14-6-4-5-13(21)11-14/h4-7,9,11-12,15-16H,8,10H2,1-3H3/t15-,16-,19-,20+/m0/s1. The minimum Gasteiger partial charge on any atom is -0.274 e. The van der Waals surface area contributed by atoms with Crippen LogP contribution in [0.4, 0.5) is 5.69 Å². The number of imide groups is 1. The first-order valence-electron chi connectivity index (χ1n) is 8.64. The summed E-state index contributed by atoms with van der Waals surface area (Å²) in [5, 5.41) is 0.536. The van der Waals surface area contributed by atoms with Crippen molar-refractivity contribution in [1.29, 1.82) is 0 Å². The van der Waals surface area contributed by atoms with Crippen molar-refractivity contribution in [3.63, 3.8) is 0 Å². The van der Waals surface area contributed by atoms with Gasteiger partial charge in [-0.25, -0.2) is 4.90 Å². The number of hydrogen-bond acceptors (Lipinski definition) is 2. The zero-order chi connectivity index (χ0) is 17.3. The van der Waals surface area contributed by atoms with Gasteiger partial charge in [-0.3, -0.25) is 9.59 Å². The van der Waals surface area contributed by atoms with Gasteiger partial charge in [0.05, 0.1) is 17.5 Å². The number of rotatable bonds is 2. The largest absolute Gasteiger partial charge is 0.274 e. The number of carbonyl (C=O) groups is 2. The molecule has 3 aliphatic carbocycles. The summed E-state index contributed by atoms with van der Waals surface area (Å²) in [4.78, 5) is 28.0. The Labute approximate surface area is 147 Å². The van der Waals surface area contributed by atoms with Crippen LogP contribution in [0.3, 0.4) is 0 Å². The molecule has 0 unspecified atom stereocenters. The minimum absolute atomic E-state index is 0.0590. The first-order valence-corrected chi connectivity index (χ1v) is 9.02. The van der Waals surface area contributed by atoms with Crippen LogP contribution in [0.2, 0.25) is 5.02 Å². The molecular formula is C20H22ClNO2. The monoisotopic (exact) mass is 343 g/mol. The quantitative estimate of drug-likeness (QED) is 0.587. The van der Waals surface area contributed by atoms with Crippen molar-refractivity contribution in [2.24, 2.45) is 28.6 Å². The molecule has 1 aromatic carbocycles. The summed E-state index contributed by atoms with van der Waals surface area (Å²) < 4.78 is 0. The van der Waals surface area contributed by atoms with E-state index in [4.69, 9.17) is 11.6 Å². The maximum absolute atomic E-state index is 13.3. The van der Waals surface area contributed by atoms with Crippen LogP contribution in [0.1, 0.15) is 33.6 Å². The Balaban J connectivity index is 1.86. The molecule has 0 aromatic heterocycles. The third kappa shape index (κ3) is 1.85. The fraction of sp³-hybridized carbons (Fsp3) is 0.500. The van der Waals surface area contributed by atoms with Crippen LogP contribution in [0.25, 0.3) is 0 Å². The van der Waals surface area contributed by atoms with Crippen molar-refractivity contribution >= 4 is 29.1 Å². The molecule has 1 saturated heterocycles. The molecule has 1 heterocycles. The van der Waals surface area contributed by atoms with Crippen LogP contribution >= 0.6 is 11.6 Å².